The minimum atomic E-state index is -0.571. The van der Waals surface area contributed by atoms with Crippen molar-refractivity contribution in [2.75, 3.05) is 0 Å². The summed E-state index contributed by atoms with van der Waals surface area (Å²) in [6.45, 7) is 9.38. The summed E-state index contributed by atoms with van der Waals surface area (Å²) in [6.07, 6.45) is -0.507. The van der Waals surface area contributed by atoms with Gasteiger partial charge in [-0.1, -0.05) is 30.3 Å². The van der Waals surface area contributed by atoms with Crippen LogP contribution in [0.25, 0.3) is 0 Å². The van der Waals surface area contributed by atoms with Crippen LogP contribution in [0.15, 0.2) is 36.4 Å². The van der Waals surface area contributed by atoms with Gasteiger partial charge in [0.25, 0.3) is 0 Å². The Morgan fingerprint density at radius 2 is 1.89 bits per heavy atom. The molecule has 146 valence electrons. The van der Waals surface area contributed by atoms with E-state index >= 15 is 0 Å². The van der Waals surface area contributed by atoms with Crippen molar-refractivity contribution >= 4 is 11.9 Å². The van der Waals surface area contributed by atoms with E-state index in [0.717, 1.165) is 5.56 Å². The van der Waals surface area contributed by atoms with Crippen molar-refractivity contribution in [1.29, 1.82) is 0 Å². The summed E-state index contributed by atoms with van der Waals surface area (Å²) < 4.78 is 12.5. The molecule has 2 aromatic rings. The van der Waals surface area contributed by atoms with Crippen molar-refractivity contribution < 1.29 is 19.1 Å². The largest absolute Gasteiger partial charge is 0.472 e. The van der Waals surface area contributed by atoms with E-state index in [1.165, 1.54) is 6.92 Å². The van der Waals surface area contributed by atoms with Crippen LogP contribution < -0.4 is 10.1 Å². The molecule has 0 spiro atoms. The van der Waals surface area contributed by atoms with Crippen LogP contribution >= 0.6 is 0 Å². The first-order chi connectivity index (χ1) is 12.6. The van der Waals surface area contributed by atoms with Gasteiger partial charge >= 0.3 is 6.09 Å². The summed E-state index contributed by atoms with van der Waals surface area (Å²) in [4.78, 5) is 23.8. The highest BCUT2D eigenvalue weighted by atomic mass is 16.6. The first-order valence-electron chi connectivity index (χ1n) is 8.89. The number of nitrogens with one attached hydrogen (secondary N) is 1. The van der Waals surface area contributed by atoms with Crippen molar-refractivity contribution in [2.24, 2.45) is 0 Å². The van der Waals surface area contributed by atoms with E-state index in [1.54, 1.807) is 31.5 Å². The fourth-order valence-electron chi connectivity index (χ4n) is 2.43. The molecule has 1 aromatic heterocycles. The minimum absolute atomic E-state index is 0.124. The lowest BCUT2D eigenvalue weighted by molar-refractivity contribution is 0.0503. The third kappa shape index (κ3) is 6.77. The molecular formula is C20H27N3O4. The first-order valence-corrected chi connectivity index (χ1v) is 8.89. The molecule has 0 fully saturated rings. The molecule has 0 unspecified atom stereocenters. The average Bonchev–Trinajstić information content (AvgIpc) is 2.95. The molecule has 1 aromatic carbocycles. The lowest BCUT2D eigenvalue weighted by Gasteiger charge is -2.22. The molecule has 0 aliphatic rings. The van der Waals surface area contributed by atoms with E-state index in [0.29, 0.717) is 24.7 Å². The van der Waals surface area contributed by atoms with Gasteiger partial charge in [-0.25, -0.2) is 4.79 Å². The van der Waals surface area contributed by atoms with Gasteiger partial charge in [-0.2, -0.15) is 0 Å². The fraction of sp³-hybridized carbons (Fsp3) is 0.450. The molecule has 7 nitrogen and oxygen atoms in total. The Morgan fingerprint density at radius 3 is 2.48 bits per heavy atom. The van der Waals surface area contributed by atoms with Crippen LogP contribution in [0.4, 0.5) is 4.79 Å². The Bertz CT molecular complexity index is 778. The minimum Gasteiger partial charge on any atom is -0.472 e. The predicted octanol–water partition coefficient (Wildman–Crippen LogP) is 3.58. The monoisotopic (exact) mass is 373 g/mol. The van der Waals surface area contributed by atoms with Gasteiger partial charge in [0.15, 0.2) is 5.78 Å². The number of benzene rings is 1. The summed E-state index contributed by atoms with van der Waals surface area (Å²) >= 11 is 0. The number of carbonyl (C=O) groups excluding carboxylic acids is 2. The molecule has 1 heterocycles. The maximum atomic E-state index is 11.9. The van der Waals surface area contributed by atoms with Crippen LogP contribution in [-0.4, -0.2) is 33.3 Å². The zero-order valence-electron chi connectivity index (χ0n) is 16.5. The van der Waals surface area contributed by atoms with Crippen molar-refractivity contribution in [3.8, 4) is 5.88 Å². The number of hydrogen-bond donors (Lipinski definition) is 1. The highest BCUT2D eigenvalue weighted by Crippen LogP contribution is 2.15. The maximum Gasteiger partial charge on any atom is 0.407 e. The normalized spacial score (nSPS) is 12.3. The molecule has 2 rings (SSSR count). The average molecular weight is 373 g/mol. The van der Waals surface area contributed by atoms with Crippen LogP contribution in [0.3, 0.4) is 0 Å². The second kappa shape index (κ2) is 8.70. The number of amides is 1. The predicted molar refractivity (Wildman–Crippen MR) is 102 cm³/mol. The molecule has 1 amide bonds. The van der Waals surface area contributed by atoms with Gasteiger partial charge in [0.1, 0.15) is 17.9 Å². The summed E-state index contributed by atoms with van der Waals surface area (Å²) in [7, 11) is 0. The Balaban J connectivity index is 2.01. The van der Waals surface area contributed by atoms with E-state index in [9.17, 15) is 9.59 Å². The number of Topliss-reactive ketones (excluding diaryl/α,β-unsaturated/α-hetero) is 1. The molecule has 7 heteroatoms. The van der Waals surface area contributed by atoms with Gasteiger partial charge in [-0.05, 0) is 33.3 Å². The summed E-state index contributed by atoms with van der Waals surface area (Å²) in [5, 5.41) is 7.09. The second-order valence-electron chi connectivity index (χ2n) is 7.43. The SMILES string of the molecule is CC(=O)c1cc(OCc2ccccc2)nn1C[C@@H](C)NC(=O)OC(C)(C)C. The van der Waals surface area contributed by atoms with E-state index in [1.807, 2.05) is 37.3 Å². The summed E-state index contributed by atoms with van der Waals surface area (Å²) in [5.74, 6) is 0.245. The van der Waals surface area contributed by atoms with Crippen LogP contribution in [0.1, 0.15) is 50.7 Å². The number of aromatic nitrogens is 2. The Kier molecular flexibility index (Phi) is 6.60. The number of ketones is 1. The van der Waals surface area contributed by atoms with Crippen LogP contribution in [0.2, 0.25) is 0 Å². The van der Waals surface area contributed by atoms with Crippen LogP contribution in [0, 0.1) is 0 Å². The second-order valence-corrected chi connectivity index (χ2v) is 7.43. The summed E-state index contributed by atoms with van der Waals surface area (Å²) in [6, 6.07) is 11.0. The highest BCUT2D eigenvalue weighted by Gasteiger charge is 2.20. The fourth-order valence-corrected chi connectivity index (χ4v) is 2.43. The number of ether oxygens (including phenoxy) is 2. The Morgan fingerprint density at radius 1 is 1.22 bits per heavy atom. The van der Waals surface area contributed by atoms with Gasteiger partial charge in [0.05, 0.1) is 6.54 Å². The van der Waals surface area contributed by atoms with E-state index < -0.39 is 11.7 Å². The maximum absolute atomic E-state index is 11.9. The van der Waals surface area contributed by atoms with Gasteiger partial charge in [-0.15, -0.1) is 5.10 Å². The topological polar surface area (TPSA) is 82.5 Å². The number of alkyl carbamates (subject to hydrolysis) is 1. The quantitative estimate of drug-likeness (QED) is 0.750. The van der Waals surface area contributed by atoms with Gasteiger partial charge in [-0.3, -0.25) is 9.48 Å². The van der Waals surface area contributed by atoms with Crippen molar-refractivity contribution in [3.05, 3.63) is 47.7 Å². The van der Waals surface area contributed by atoms with Gasteiger partial charge in [0, 0.05) is 19.0 Å². The lowest BCUT2D eigenvalue weighted by atomic mass is 10.2. The van der Waals surface area contributed by atoms with Gasteiger partial charge < -0.3 is 14.8 Å². The standard InChI is InChI=1S/C20H27N3O4/c1-14(21-19(25)27-20(3,4)5)12-23-17(15(2)24)11-18(22-23)26-13-16-9-7-6-8-10-16/h6-11,14H,12-13H2,1-5H3,(H,21,25)/t14-/m1/s1. The third-order valence-corrected chi connectivity index (χ3v) is 3.56. The Hall–Kier alpha value is -2.83. The molecule has 1 N–H and O–H groups in total. The van der Waals surface area contributed by atoms with Crippen LogP contribution in [-0.2, 0) is 17.9 Å². The van der Waals surface area contributed by atoms with Gasteiger partial charge in [0.2, 0.25) is 5.88 Å². The number of nitrogens with zero attached hydrogens (tertiary/aromatic N) is 2. The van der Waals surface area contributed by atoms with Crippen LogP contribution in [0.5, 0.6) is 5.88 Å². The van der Waals surface area contributed by atoms with Crippen molar-refractivity contribution in [1.82, 2.24) is 15.1 Å². The molecule has 0 saturated carbocycles. The van der Waals surface area contributed by atoms with E-state index in [4.69, 9.17) is 9.47 Å². The molecule has 0 saturated heterocycles. The van der Waals surface area contributed by atoms with E-state index in [2.05, 4.69) is 10.4 Å². The molecule has 0 radical (unpaired) electrons. The highest BCUT2D eigenvalue weighted by molar-refractivity contribution is 5.92. The lowest BCUT2D eigenvalue weighted by Crippen LogP contribution is -2.40. The molecular weight excluding hydrogens is 346 g/mol. The zero-order chi connectivity index (χ0) is 20.0. The zero-order valence-corrected chi connectivity index (χ0v) is 16.5. The summed E-state index contributed by atoms with van der Waals surface area (Å²) in [5.41, 5.74) is 0.866. The molecule has 0 bridgehead atoms. The van der Waals surface area contributed by atoms with Crippen molar-refractivity contribution in [3.63, 3.8) is 0 Å². The molecule has 27 heavy (non-hydrogen) atoms. The molecule has 0 aliphatic heterocycles. The first kappa shape index (κ1) is 20.5. The smallest absolute Gasteiger partial charge is 0.407 e. The molecule has 1 atom stereocenters. The number of hydrogen-bond acceptors (Lipinski definition) is 5. The molecule has 0 aliphatic carbocycles. The van der Waals surface area contributed by atoms with E-state index in [-0.39, 0.29) is 11.8 Å². The Labute approximate surface area is 159 Å². The number of carbonyl (C=O) groups is 2. The van der Waals surface area contributed by atoms with Crippen molar-refractivity contribution in [2.45, 2.75) is 59.4 Å². The third-order valence-electron chi connectivity index (χ3n) is 3.56. The number of rotatable bonds is 7.